The molecule has 0 aliphatic heterocycles. The quantitative estimate of drug-likeness (QED) is 0.835. The molecular weight excluding hydrogens is 297 g/mol. The van der Waals surface area contributed by atoms with Crippen molar-refractivity contribution in [2.45, 2.75) is 13.3 Å². The molecule has 0 aliphatic rings. The summed E-state index contributed by atoms with van der Waals surface area (Å²) >= 11 is 2.40. The molecular formula is C13H14IN. The second-order valence-corrected chi connectivity index (χ2v) is 4.77. The third kappa shape index (κ3) is 2.43. The van der Waals surface area contributed by atoms with E-state index < -0.39 is 0 Å². The van der Waals surface area contributed by atoms with Gasteiger partial charge in [0, 0.05) is 15.8 Å². The fraction of sp³-hybridized carbons (Fsp3) is 0.231. The Morgan fingerprint density at radius 3 is 2.80 bits per heavy atom. The summed E-state index contributed by atoms with van der Waals surface area (Å²) in [6.07, 6.45) is 1.16. The number of fused-ring (bicyclic) bond motifs is 1. The van der Waals surface area contributed by atoms with E-state index in [0.717, 1.165) is 13.0 Å². The fourth-order valence-electron chi connectivity index (χ4n) is 1.64. The van der Waals surface area contributed by atoms with Crippen molar-refractivity contribution in [1.82, 2.24) is 0 Å². The molecule has 0 radical (unpaired) electrons. The van der Waals surface area contributed by atoms with E-state index in [1.807, 2.05) is 0 Å². The highest BCUT2D eigenvalue weighted by molar-refractivity contribution is 14.1. The maximum Gasteiger partial charge on any atom is 0.0357 e. The molecule has 2 aromatic carbocycles. The SMILES string of the molecule is CCCNc1cc(I)c2ccccc2c1. The summed E-state index contributed by atoms with van der Waals surface area (Å²) in [7, 11) is 0. The van der Waals surface area contributed by atoms with Crippen molar-refractivity contribution in [1.29, 1.82) is 0 Å². The summed E-state index contributed by atoms with van der Waals surface area (Å²) in [5, 5.41) is 6.06. The maximum atomic E-state index is 3.42. The third-order valence-electron chi connectivity index (χ3n) is 2.39. The molecule has 0 fully saturated rings. The smallest absolute Gasteiger partial charge is 0.0357 e. The number of nitrogens with one attached hydrogen (secondary N) is 1. The maximum absolute atomic E-state index is 3.42. The fourth-order valence-corrected chi connectivity index (χ4v) is 2.46. The topological polar surface area (TPSA) is 12.0 Å². The Labute approximate surface area is 104 Å². The first-order valence-corrected chi connectivity index (χ1v) is 6.31. The number of anilines is 1. The summed E-state index contributed by atoms with van der Waals surface area (Å²) in [6.45, 7) is 3.22. The second-order valence-electron chi connectivity index (χ2n) is 3.61. The molecule has 0 aliphatic carbocycles. The predicted octanol–water partition coefficient (Wildman–Crippen LogP) is 4.27. The van der Waals surface area contributed by atoms with Gasteiger partial charge in [0.25, 0.3) is 0 Å². The van der Waals surface area contributed by atoms with Gasteiger partial charge < -0.3 is 5.32 Å². The van der Waals surface area contributed by atoms with E-state index in [1.165, 1.54) is 20.0 Å². The van der Waals surface area contributed by atoms with Gasteiger partial charge >= 0.3 is 0 Å². The second kappa shape index (κ2) is 4.84. The van der Waals surface area contributed by atoms with Crippen LogP contribution in [0.4, 0.5) is 5.69 Å². The lowest BCUT2D eigenvalue weighted by Gasteiger charge is -2.08. The first kappa shape index (κ1) is 10.7. The Balaban J connectivity index is 2.43. The van der Waals surface area contributed by atoms with Crippen molar-refractivity contribution in [2.75, 3.05) is 11.9 Å². The van der Waals surface area contributed by atoms with Crippen LogP contribution in [0.2, 0.25) is 0 Å². The van der Waals surface area contributed by atoms with Crippen molar-refractivity contribution in [3.8, 4) is 0 Å². The molecule has 1 nitrogen and oxygen atoms in total. The van der Waals surface area contributed by atoms with Crippen molar-refractivity contribution in [3.05, 3.63) is 40.0 Å². The number of hydrogen-bond donors (Lipinski definition) is 1. The van der Waals surface area contributed by atoms with Crippen LogP contribution >= 0.6 is 22.6 Å². The van der Waals surface area contributed by atoms with Crippen molar-refractivity contribution in [2.24, 2.45) is 0 Å². The third-order valence-corrected chi connectivity index (χ3v) is 3.28. The van der Waals surface area contributed by atoms with Crippen LogP contribution in [0.5, 0.6) is 0 Å². The summed E-state index contributed by atoms with van der Waals surface area (Å²) < 4.78 is 1.31. The van der Waals surface area contributed by atoms with Crippen LogP contribution in [0, 0.1) is 3.57 Å². The number of rotatable bonds is 3. The van der Waals surface area contributed by atoms with Gasteiger partial charge in [0.2, 0.25) is 0 Å². The molecule has 2 rings (SSSR count). The molecule has 0 saturated carbocycles. The van der Waals surface area contributed by atoms with Gasteiger partial charge in [-0.1, -0.05) is 31.2 Å². The molecule has 0 amide bonds. The Morgan fingerprint density at radius 2 is 2.00 bits per heavy atom. The summed E-state index contributed by atoms with van der Waals surface area (Å²) in [5.74, 6) is 0. The van der Waals surface area contributed by atoms with Crippen LogP contribution in [0.1, 0.15) is 13.3 Å². The number of hydrogen-bond acceptors (Lipinski definition) is 1. The van der Waals surface area contributed by atoms with E-state index in [0.29, 0.717) is 0 Å². The molecule has 0 spiro atoms. The summed E-state index contributed by atoms with van der Waals surface area (Å²) in [5.41, 5.74) is 1.22. The minimum Gasteiger partial charge on any atom is -0.385 e. The van der Waals surface area contributed by atoms with Gasteiger partial charge in [-0.3, -0.25) is 0 Å². The standard InChI is InChI=1S/C13H14IN/c1-2-7-15-11-8-10-5-3-4-6-12(10)13(14)9-11/h3-6,8-9,15H,2,7H2,1H3. The van der Waals surface area contributed by atoms with Crippen LogP contribution in [0.15, 0.2) is 36.4 Å². The molecule has 15 heavy (non-hydrogen) atoms. The van der Waals surface area contributed by atoms with Gasteiger partial charge in [-0.2, -0.15) is 0 Å². The highest BCUT2D eigenvalue weighted by Gasteiger charge is 2.00. The van der Waals surface area contributed by atoms with E-state index in [-0.39, 0.29) is 0 Å². The minimum absolute atomic E-state index is 1.04. The highest BCUT2D eigenvalue weighted by atomic mass is 127. The van der Waals surface area contributed by atoms with Crippen LogP contribution in [0.3, 0.4) is 0 Å². The molecule has 2 aromatic rings. The zero-order valence-corrected chi connectivity index (χ0v) is 10.9. The molecule has 0 atom stereocenters. The Kier molecular flexibility index (Phi) is 3.46. The summed E-state index contributed by atoms with van der Waals surface area (Å²) in [6, 6.07) is 12.9. The molecule has 0 heterocycles. The number of benzene rings is 2. The van der Waals surface area contributed by atoms with Crippen LogP contribution in [0.25, 0.3) is 10.8 Å². The molecule has 1 N–H and O–H groups in total. The largest absolute Gasteiger partial charge is 0.385 e. The van der Waals surface area contributed by atoms with E-state index in [1.54, 1.807) is 0 Å². The normalized spacial score (nSPS) is 10.5. The van der Waals surface area contributed by atoms with Gasteiger partial charge in [-0.15, -0.1) is 0 Å². The molecule has 0 unspecified atom stereocenters. The van der Waals surface area contributed by atoms with Crippen molar-refractivity contribution >= 4 is 39.1 Å². The highest BCUT2D eigenvalue weighted by Crippen LogP contribution is 2.25. The van der Waals surface area contributed by atoms with E-state index in [2.05, 4.69) is 71.2 Å². The van der Waals surface area contributed by atoms with Crippen LogP contribution in [-0.4, -0.2) is 6.54 Å². The zero-order chi connectivity index (χ0) is 10.7. The number of halogens is 1. The predicted molar refractivity (Wildman–Crippen MR) is 75.4 cm³/mol. The Morgan fingerprint density at radius 1 is 1.20 bits per heavy atom. The average molecular weight is 311 g/mol. The monoisotopic (exact) mass is 311 g/mol. The lowest BCUT2D eigenvalue weighted by atomic mass is 10.1. The molecule has 0 saturated heterocycles. The lowest BCUT2D eigenvalue weighted by Crippen LogP contribution is -1.99. The molecule has 0 aromatic heterocycles. The average Bonchev–Trinajstić information content (AvgIpc) is 2.26. The Bertz CT molecular complexity index is 465. The van der Waals surface area contributed by atoms with Crippen LogP contribution < -0.4 is 5.32 Å². The van der Waals surface area contributed by atoms with E-state index >= 15 is 0 Å². The first-order valence-electron chi connectivity index (χ1n) is 5.23. The zero-order valence-electron chi connectivity index (χ0n) is 8.76. The minimum atomic E-state index is 1.04. The van der Waals surface area contributed by atoms with E-state index in [4.69, 9.17) is 0 Å². The van der Waals surface area contributed by atoms with Gasteiger partial charge in [0.05, 0.1) is 0 Å². The molecule has 2 heteroatoms. The van der Waals surface area contributed by atoms with E-state index in [9.17, 15) is 0 Å². The Hall–Kier alpha value is -0.770. The van der Waals surface area contributed by atoms with Crippen LogP contribution in [-0.2, 0) is 0 Å². The van der Waals surface area contributed by atoms with Crippen molar-refractivity contribution in [3.63, 3.8) is 0 Å². The first-order chi connectivity index (χ1) is 7.31. The lowest BCUT2D eigenvalue weighted by molar-refractivity contribution is 0.980. The van der Waals surface area contributed by atoms with Crippen molar-refractivity contribution < 1.29 is 0 Å². The van der Waals surface area contributed by atoms with Gasteiger partial charge in [-0.25, -0.2) is 0 Å². The summed E-state index contributed by atoms with van der Waals surface area (Å²) in [4.78, 5) is 0. The molecule has 78 valence electrons. The van der Waals surface area contributed by atoms with Gasteiger partial charge in [0.15, 0.2) is 0 Å². The molecule has 0 bridgehead atoms. The van der Waals surface area contributed by atoms with Gasteiger partial charge in [0.1, 0.15) is 0 Å². The van der Waals surface area contributed by atoms with Gasteiger partial charge in [-0.05, 0) is 51.9 Å².